The lowest BCUT2D eigenvalue weighted by molar-refractivity contribution is -0.154. The van der Waals surface area contributed by atoms with Crippen LogP contribution in [0.2, 0.25) is 0 Å². The highest BCUT2D eigenvalue weighted by Gasteiger charge is 2.15. The molecule has 0 aliphatic rings. The van der Waals surface area contributed by atoms with E-state index in [0.29, 0.717) is 12.1 Å². The molecule has 0 atom stereocenters. The first-order valence-electron chi connectivity index (χ1n) is 5.54. The number of rotatable bonds is 4. The first-order chi connectivity index (χ1) is 8.95. The molecule has 104 valence electrons. The standard InChI is InChI=1S/C12H12F3NO3/c1-2-19-12(18)11(17)16-4-3-8-9(14)5-7(13)6-10(8)15/h5-6H,2-4H2,1H3,(H,16,17). The summed E-state index contributed by atoms with van der Waals surface area (Å²) in [6.45, 7) is 1.42. The maximum Gasteiger partial charge on any atom is 0.396 e. The smallest absolute Gasteiger partial charge is 0.396 e. The molecular formula is C12H12F3NO3. The summed E-state index contributed by atoms with van der Waals surface area (Å²) in [5.74, 6) is -5.16. The third-order valence-electron chi connectivity index (χ3n) is 2.23. The van der Waals surface area contributed by atoms with Gasteiger partial charge in [-0.1, -0.05) is 0 Å². The van der Waals surface area contributed by atoms with E-state index in [9.17, 15) is 22.8 Å². The van der Waals surface area contributed by atoms with Crippen LogP contribution in [0, 0.1) is 17.5 Å². The van der Waals surface area contributed by atoms with Crippen molar-refractivity contribution in [1.82, 2.24) is 5.32 Å². The Labute approximate surface area is 107 Å². The van der Waals surface area contributed by atoms with Gasteiger partial charge in [0.05, 0.1) is 6.61 Å². The maximum absolute atomic E-state index is 13.2. The van der Waals surface area contributed by atoms with Crippen LogP contribution >= 0.6 is 0 Å². The normalized spacial score (nSPS) is 10.1. The lowest BCUT2D eigenvalue weighted by Gasteiger charge is -2.07. The van der Waals surface area contributed by atoms with Gasteiger partial charge in [-0.05, 0) is 13.3 Å². The number of esters is 1. The first kappa shape index (κ1) is 15.0. The molecule has 1 aromatic rings. The molecule has 0 saturated heterocycles. The van der Waals surface area contributed by atoms with E-state index in [4.69, 9.17) is 0 Å². The Hall–Kier alpha value is -2.05. The number of carbonyl (C=O) groups excluding carboxylic acids is 2. The average Bonchev–Trinajstić information content (AvgIpc) is 2.32. The van der Waals surface area contributed by atoms with Gasteiger partial charge in [0.2, 0.25) is 0 Å². The molecule has 1 amide bonds. The van der Waals surface area contributed by atoms with Crippen molar-refractivity contribution >= 4 is 11.9 Å². The second kappa shape index (κ2) is 6.77. The van der Waals surface area contributed by atoms with E-state index in [0.717, 1.165) is 0 Å². The number of nitrogens with one attached hydrogen (secondary N) is 1. The van der Waals surface area contributed by atoms with Crippen LogP contribution in [-0.4, -0.2) is 25.0 Å². The number of benzene rings is 1. The van der Waals surface area contributed by atoms with Gasteiger partial charge in [-0.2, -0.15) is 0 Å². The minimum absolute atomic E-state index is 0.0491. The van der Waals surface area contributed by atoms with Crippen molar-refractivity contribution in [3.63, 3.8) is 0 Å². The molecule has 0 spiro atoms. The van der Waals surface area contributed by atoms with Gasteiger partial charge in [-0.25, -0.2) is 18.0 Å². The van der Waals surface area contributed by atoms with E-state index in [1.54, 1.807) is 0 Å². The predicted octanol–water partition coefficient (Wildman–Crippen LogP) is 1.33. The van der Waals surface area contributed by atoms with Gasteiger partial charge in [-0.15, -0.1) is 0 Å². The monoisotopic (exact) mass is 275 g/mol. The number of carbonyl (C=O) groups is 2. The van der Waals surface area contributed by atoms with Crippen molar-refractivity contribution in [1.29, 1.82) is 0 Å². The topological polar surface area (TPSA) is 55.4 Å². The van der Waals surface area contributed by atoms with Crippen LogP contribution in [0.1, 0.15) is 12.5 Å². The second-order valence-corrected chi connectivity index (χ2v) is 3.57. The minimum Gasteiger partial charge on any atom is -0.459 e. The van der Waals surface area contributed by atoms with E-state index in [-0.39, 0.29) is 25.1 Å². The highest BCUT2D eigenvalue weighted by Crippen LogP contribution is 2.14. The summed E-state index contributed by atoms with van der Waals surface area (Å²) in [5.41, 5.74) is -0.356. The predicted molar refractivity (Wildman–Crippen MR) is 59.7 cm³/mol. The lowest BCUT2D eigenvalue weighted by atomic mass is 10.1. The molecular weight excluding hydrogens is 263 g/mol. The Kier molecular flexibility index (Phi) is 5.35. The molecule has 1 N–H and O–H groups in total. The van der Waals surface area contributed by atoms with Crippen molar-refractivity contribution < 1.29 is 27.5 Å². The average molecular weight is 275 g/mol. The Morgan fingerprint density at radius 3 is 2.32 bits per heavy atom. The summed E-state index contributed by atoms with van der Waals surface area (Å²) in [5, 5.41) is 2.14. The van der Waals surface area contributed by atoms with E-state index in [1.807, 2.05) is 0 Å². The van der Waals surface area contributed by atoms with E-state index >= 15 is 0 Å². The summed E-state index contributed by atoms with van der Waals surface area (Å²) >= 11 is 0. The van der Waals surface area contributed by atoms with Gasteiger partial charge < -0.3 is 10.1 Å². The molecule has 4 nitrogen and oxygen atoms in total. The first-order valence-corrected chi connectivity index (χ1v) is 5.54. The molecule has 0 bridgehead atoms. The highest BCUT2D eigenvalue weighted by molar-refractivity contribution is 6.32. The van der Waals surface area contributed by atoms with Gasteiger partial charge in [-0.3, -0.25) is 4.79 Å². The van der Waals surface area contributed by atoms with Gasteiger partial charge in [0, 0.05) is 24.2 Å². The van der Waals surface area contributed by atoms with Crippen LogP contribution in [0.3, 0.4) is 0 Å². The summed E-state index contributed by atoms with van der Waals surface area (Å²) in [7, 11) is 0. The van der Waals surface area contributed by atoms with Gasteiger partial charge in [0.15, 0.2) is 0 Å². The summed E-state index contributed by atoms with van der Waals surface area (Å²) in [4.78, 5) is 22.0. The van der Waals surface area contributed by atoms with Crippen LogP contribution in [0.4, 0.5) is 13.2 Å². The van der Waals surface area contributed by atoms with Crippen molar-refractivity contribution in [2.45, 2.75) is 13.3 Å². The SMILES string of the molecule is CCOC(=O)C(=O)NCCc1c(F)cc(F)cc1F. The van der Waals surface area contributed by atoms with Crippen molar-refractivity contribution in [3.05, 3.63) is 35.1 Å². The zero-order valence-electron chi connectivity index (χ0n) is 10.1. The Balaban J connectivity index is 2.54. The van der Waals surface area contributed by atoms with Gasteiger partial charge in [0.1, 0.15) is 17.5 Å². The molecule has 0 radical (unpaired) electrons. The molecule has 0 fully saturated rings. The van der Waals surface area contributed by atoms with Gasteiger partial charge in [0.25, 0.3) is 0 Å². The number of halogens is 3. The zero-order valence-corrected chi connectivity index (χ0v) is 10.1. The third-order valence-corrected chi connectivity index (χ3v) is 2.23. The number of ether oxygens (including phenoxy) is 1. The summed E-state index contributed by atoms with van der Waals surface area (Å²) in [6, 6.07) is 1.09. The van der Waals surface area contributed by atoms with Gasteiger partial charge >= 0.3 is 11.9 Å². The van der Waals surface area contributed by atoms with Crippen LogP contribution in [0.5, 0.6) is 0 Å². The Bertz CT molecular complexity index is 468. The van der Waals surface area contributed by atoms with Crippen LogP contribution in [0.25, 0.3) is 0 Å². The summed E-state index contributed by atoms with van der Waals surface area (Å²) in [6.07, 6.45) is -0.205. The fourth-order valence-corrected chi connectivity index (χ4v) is 1.38. The zero-order chi connectivity index (χ0) is 14.4. The molecule has 0 aliphatic heterocycles. The lowest BCUT2D eigenvalue weighted by Crippen LogP contribution is -2.34. The largest absolute Gasteiger partial charge is 0.459 e. The molecule has 7 heteroatoms. The number of hydrogen-bond acceptors (Lipinski definition) is 3. The quantitative estimate of drug-likeness (QED) is 0.666. The van der Waals surface area contributed by atoms with Crippen molar-refractivity contribution in [2.24, 2.45) is 0 Å². The summed E-state index contributed by atoms with van der Waals surface area (Å²) < 4.78 is 43.5. The molecule has 0 unspecified atom stereocenters. The number of hydrogen-bond donors (Lipinski definition) is 1. The van der Waals surface area contributed by atoms with E-state index in [2.05, 4.69) is 10.1 Å². The molecule has 0 saturated carbocycles. The van der Waals surface area contributed by atoms with Crippen molar-refractivity contribution in [2.75, 3.05) is 13.2 Å². The number of amides is 1. The fraction of sp³-hybridized carbons (Fsp3) is 0.333. The molecule has 0 heterocycles. The van der Waals surface area contributed by atoms with Crippen molar-refractivity contribution in [3.8, 4) is 0 Å². The fourth-order valence-electron chi connectivity index (χ4n) is 1.38. The minimum atomic E-state index is -1.07. The molecule has 1 rings (SSSR count). The molecule has 1 aromatic carbocycles. The van der Waals surface area contributed by atoms with Crippen LogP contribution < -0.4 is 5.32 Å². The van der Waals surface area contributed by atoms with Crippen LogP contribution in [-0.2, 0) is 20.7 Å². The second-order valence-electron chi connectivity index (χ2n) is 3.57. The van der Waals surface area contributed by atoms with E-state index < -0.39 is 29.3 Å². The Morgan fingerprint density at radius 2 is 1.79 bits per heavy atom. The molecule has 0 aliphatic carbocycles. The van der Waals surface area contributed by atoms with E-state index in [1.165, 1.54) is 6.92 Å². The molecule has 19 heavy (non-hydrogen) atoms. The Morgan fingerprint density at radius 1 is 1.21 bits per heavy atom. The third kappa shape index (κ3) is 4.27. The molecule has 0 aromatic heterocycles. The van der Waals surface area contributed by atoms with Crippen LogP contribution in [0.15, 0.2) is 12.1 Å². The maximum atomic E-state index is 13.2. The highest BCUT2D eigenvalue weighted by atomic mass is 19.1.